The van der Waals surface area contributed by atoms with E-state index in [0.29, 0.717) is 0 Å². The molecule has 3 nitrogen and oxygen atoms in total. The van der Waals surface area contributed by atoms with Crippen molar-refractivity contribution in [2.45, 2.75) is 26.8 Å². The van der Waals surface area contributed by atoms with Gasteiger partial charge in [0.1, 0.15) is 5.75 Å². The third kappa shape index (κ3) is 2.78. The van der Waals surface area contributed by atoms with Gasteiger partial charge in [0, 0.05) is 0 Å². The minimum absolute atomic E-state index is 0.0112. The average Bonchev–Trinajstić information content (AvgIpc) is 2.30. The van der Waals surface area contributed by atoms with Crippen LogP contribution in [0.3, 0.4) is 0 Å². The van der Waals surface area contributed by atoms with Crippen molar-refractivity contribution < 1.29 is 4.74 Å². The van der Waals surface area contributed by atoms with Gasteiger partial charge in [-0.2, -0.15) is 5.26 Å². The highest BCUT2D eigenvalue weighted by atomic mass is 16.5. The summed E-state index contributed by atoms with van der Waals surface area (Å²) >= 11 is 0. The molecule has 1 unspecified atom stereocenters. The van der Waals surface area contributed by atoms with E-state index >= 15 is 0 Å². The first kappa shape index (κ1) is 13.5. The Kier molecular flexibility index (Phi) is 4.14. The Balaban J connectivity index is 3.15. The molecule has 17 heavy (non-hydrogen) atoms. The van der Waals surface area contributed by atoms with Crippen LogP contribution in [0.5, 0.6) is 5.75 Å². The average molecular weight is 232 g/mol. The molecule has 0 radical (unpaired) electrons. The van der Waals surface area contributed by atoms with Crippen molar-refractivity contribution in [3.05, 3.63) is 29.3 Å². The maximum absolute atomic E-state index is 9.21. The lowest BCUT2D eigenvalue weighted by Gasteiger charge is -2.28. The monoisotopic (exact) mass is 232 g/mol. The van der Waals surface area contributed by atoms with Crippen LogP contribution in [-0.2, 0) is 0 Å². The molecule has 0 heterocycles. The molecule has 1 aromatic rings. The van der Waals surface area contributed by atoms with Crippen LogP contribution in [0.4, 0.5) is 0 Å². The fourth-order valence-corrected chi connectivity index (χ4v) is 2.09. The second-order valence-corrected chi connectivity index (χ2v) is 4.78. The van der Waals surface area contributed by atoms with Gasteiger partial charge in [0.2, 0.25) is 0 Å². The van der Waals surface area contributed by atoms with Gasteiger partial charge >= 0.3 is 0 Å². The molecule has 92 valence electrons. The van der Waals surface area contributed by atoms with Gasteiger partial charge in [-0.3, -0.25) is 0 Å². The molecule has 1 atom stereocenters. The summed E-state index contributed by atoms with van der Waals surface area (Å²) in [7, 11) is 3.54. The molecule has 0 saturated heterocycles. The van der Waals surface area contributed by atoms with Gasteiger partial charge in [-0.05, 0) is 45.0 Å². The number of hydrogen-bond acceptors (Lipinski definition) is 3. The predicted molar refractivity (Wildman–Crippen MR) is 68.9 cm³/mol. The second kappa shape index (κ2) is 5.20. The van der Waals surface area contributed by atoms with Crippen molar-refractivity contribution in [2.75, 3.05) is 14.2 Å². The molecule has 0 spiro atoms. The molecule has 0 aliphatic carbocycles. The highest BCUT2D eigenvalue weighted by Gasteiger charge is 2.29. The molecule has 1 aromatic carbocycles. The van der Waals surface area contributed by atoms with Gasteiger partial charge in [-0.25, -0.2) is 0 Å². The van der Waals surface area contributed by atoms with E-state index in [2.05, 4.69) is 17.5 Å². The van der Waals surface area contributed by atoms with E-state index in [1.54, 1.807) is 7.11 Å². The van der Waals surface area contributed by atoms with Crippen LogP contribution in [0.15, 0.2) is 18.2 Å². The number of aryl methyl sites for hydroxylation is 1. The standard InChI is InChI=1S/C14H20N2O/c1-10-8-11(6-7-12(10)17-5)13(16-4)14(2,3)9-15/h6-8,13,16H,1-5H3. The van der Waals surface area contributed by atoms with Crippen LogP contribution in [0.1, 0.15) is 31.0 Å². The first-order valence-corrected chi connectivity index (χ1v) is 5.69. The Hall–Kier alpha value is -1.53. The van der Waals surface area contributed by atoms with E-state index in [1.165, 1.54) is 0 Å². The highest BCUT2D eigenvalue weighted by Crippen LogP contribution is 2.34. The number of hydrogen-bond donors (Lipinski definition) is 1. The highest BCUT2D eigenvalue weighted by molar-refractivity contribution is 5.38. The molecule has 3 heteroatoms. The van der Waals surface area contributed by atoms with Crippen molar-refractivity contribution >= 4 is 0 Å². The minimum Gasteiger partial charge on any atom is -0.496 e. The minimum atomic E-state index is -0.449. The van der Waals surface area contributed by atoms with Gasteiger partial charge in [-0.15, -0.1) is 0 Å². The summed E-state index contributed by atoms with van der Waals surface area (Å²) in [6.45, 7) is 5.88. The zero-order valence-electron chi connectivity index (χ0n) is 11.2. The van der Waals surface area contributed by atoms with E-state index in [4.69, 9.17) is 4.74 Å². The van der Waals surface area contributed by atoms with Crippen LogP contribution < -0.4 is 10.1 Å². The van der Waals surface area contributed by atoms with Crippen molar-refractivity contribution in [3.8, 4) is 11.8 Å². The molecule has 0 aliphatic heterocycles. The molecule has 0 fully saturated rings. The van der Waals surface area contributed by atoms with Crippen LogP contribution >= 0.6 is 0 Å². The van der Waals surface area contributed by atoms with Gasteiger partial charge in [0.05, 0.1) is 24.6 Å². The lowest BCUT2D eigenvalue weighted by Crippen LogP contribution is -2.30. The number of methoxy groups -OCH3 is 1. The Morgan fingerprint density at radius 1 is 1.41 bits per heavy atom. The van der Waals surface area contributed by atoms with E-state index in [-0.39, 0.29) is 6.04 Å². The lowest BCUT2D eigenvalue weighted by atomic mass is 9.81. The molecule has 0 bridgehead atoms. The summed E-state index contributed by atoms with van der Waals surface area (Å²) < 4.78 is 5.24. The quantitative estimate of drug-likeness (QED) is 0.868. The normalized spacial score (nSPS) is 12.9. The van der Waals surface area contributed by atoms with Gasteiger partial charge < -0.3 is 10.1 Å². The number of ether oxygens (including phenoxy) is 1. The molecule has 0 aliphatic rings. The number of nitrogens with one attached hydrogen (secondary N) is 1. The van der Waals surface area contributed by atoms with Gasteiger partial charge in [0.15, 0.2) is 0 Å². The largest absolute Gasteiger partial charge is 0.496 e. The van der Waals surface area contributed by atoms with Crippen molar-refractivity contribution in [1.29, 1.82) is 5.26 Å². The Morgan fingerprint density at radius 3 is 2.47 bits per heavy atom. The SMILES string of the molecule is CNC(c1ccc(OC)c(C)c1)C(C)(C)C#N. The summed E-state index contributed by atoms with van der Waals surface area (Å²) in [4.78, 5) is 0. The third-order valence-electron chi connectivity index (χ3n) is 3.05. The van der Waals surface area contributed by atoms with Crippen LogP contribution in [-0.4, -0.2) is 14.2 Å². The Bertz CT molecular complexity index is 432. The van der Waals surface area contributed by atoms with Crippen LogP contribution in [0.2, 0.25) is 0 Å². The van der Waals surface area contributed by atoms with Crippen LogP contribution in [0, 0.1) is 23.7 Å². The van der Waals surface area contributed by atoms with E-state index in [0.717, 1.165) is 16.9 Å². The predicted octanol–water partition coefficient (Wildman–Crippen LogP) is 2.81. The van der Waals surface area contributed by atoms with E-state index in [1.807, 2.05) is 40.0 Å². The molecular weight excluding hydrogens is 212 g/mol. The number of rotatable bonds is 4. The van der Waals surface area contributed by atoms with E-state index < -0.39 is 5.41 Å². The topological polar surface area (TPSA) is 45.0 Å². The summed E-state index contributed by atoms with van der Waals surface area (Å²) in [5, 5.41) is 12.4. The Labute approximate surface area is 103 Å². The molecule has 0 amide bonds. The number of nitriles is 1. The van der Waals surface area contributed by atoms with E-state index in [9.17, 15) is 5.26 Å². The molecule has 0 aromatic heterocycles. The molecule has 0 saturated carbocycles. The van der Waals surface area contributed by atoms with Gasteiger partial charge in [0.25, 0.3) is 0 Å². The lowest BCUT2D eigenvalue weighted by molar-refractivity contribution is 0.343. The fraction of sp³-hybridized carbons (Fsp3) is 0.500. The first-order chi connectivity index (χ1) is 7.96. The van der Waals surface area contributed by atoms with Gasteiger partial charge in [-0.1, -0.05) is 12.1 Å². The molecular formula is C14H20N2O. The summed E-state index contributed by atoms with van der Waals surface area (Å²) in [5.41, 5.74) is 1.74. The Morgan fingerprint density at radius 2 is 2.06 bits per heavy atom. The molecule has 1 rings (SSSR count). The smallest absolute Gasteiger partial charge is 0.121 e. The summed E-state index contributed by atoms with van der Waals surface area (Å²) in [6.07, 6.45) is 0. The number of benzene rings is 1. The second-order valence-electron chi connectivity index (χ2n) is 4.78. The first-order valence-electron chi connectivity index (χ1n) is 5.69. The third-order valence-corrected chi connectivity index (χ3v) is 3.05. The van der Waals surface area contributed by atoms with Crippen LogP contribution in [0.25, 0.3) is 0 Å². The zero-order chi connectivity index (χ0) is 13.1. The van der Waals surface area contributed by atoms with Crippen molar-refractivity contribution in [2.24, 2.45) is 5.41 Å². The number of nitrogens with zero attached hydrogens (tertiary/aromatic N) is 1. The molecule has 1 N–H and O–H groups in total. The zero-order valence-corrected chi connectivity index (χ0v) is 11.2. The maximum Gasteiger partial charge on any atom is 0.121 e. The fourth-order valence-electron chi connectivity index (χ4n) is 2.09. The summed E-state index contributed by atoms with van der Waals surface area (Å²) in [6, 6.07) is 8.38. The summed E-state index contributed by atoms with van der Waals surface area (Å²) in [5.74, 6) is 0.873. The maximum atomic E-state index is 9.21. The van der Waals surface area contributed by atoms with Crippen molar-refractivity contribution in [3.63, 3.8) is 0 Å². The van der Waals surface area contributed by atoms with Crippen molar-refractivity contribution in [1.82, 2.24) is 5.32 Å².